The number of fused-ring (bicyclic) bond motifs is 1. The zero-order valence-electron chi connectivity index (χ0n) is 14.0. The van der Waals surface area contributed by atoms with Crippen LogP contribution in [0.25, 0.3) is 0 Å². The Morgan fingerprint density at radius 3 is 1.96 bits per heavy atom. The average molecular weight is 367 g/mol. The summed E-state index contributed by atoms with van der Waals surface area (Å²) in [6, 6.07) is 0. The largest absolute Gasteiger partial charge is 0.270 e. The van der Waals surface area contributed by atoms with Crippen molar-refractivity contribution in [3.8, 4) is 0 Å². The molecule has 134 valence electrons. The summed E-state index contributed by atoms with van der Waals surface area (Å²) >= 11 is 0. The maximum Gasteiger partial charge on any atom is 0.264 e. The van der Waals surface area contributed by atoms with Gasteiger partial charge in [0.25, 0.3) is 20.2 Å². The molecule has 0 radical (unpaired) electrons. The lowest BCUT2D eigenvalue weighted by molar-refractivity contribution is -0.0780. The summed E-state index contributed by atoms with van der Waals surface area (Å²) in [4.78, 5) is 0. The van der Waals surface area contributed by atoms with Crippen LogP contribution >= 0.6 is 0 Å². The van der Waals surface area contributed by atoms with E-state index in [2.05, 4.69) is 6.08 Å². The minimum atomic E-state index is -3.55. The molecular weight excluding hydrogens is 340 g/mol. The second kappa shape index (κ2) is 6.46. The molecule has 0 bridgehead atoms. The Morgan fingerprint density at radius 1 is 0.957 bits per heavy atom. The lowest BCUT2D eigenvalue weighted by Gasteiger charge is -2.55. The van der Waals surface area contributed by atoms with Gasteiger partial charge in [-0.25, -0.2) is 0 Å². The molecule has 6 nitrogen and oxygen atoms in total. The zero-order valence-corrected chi connectivity index (χ0v) is 15.6. The van der Waals surface area contributed by atoms with Crippen molar-refractivity contribution in [2.24, 2.45) is 10.8 Å². The first-order chi connectivity index (χ1) is 10.5. The minimum Gasteiger partial charge on any atom is -0.270 e. The van der Waals surface area contributed by atoms with Gasteiger partial charge in [0.15, 0.2) is 0 Å². The molecule has 23 heavy (non-hydrogen) atoms. The van der Waals surface area contributed by atoms with E-state index in [0.717, 1.165) is 44.6 Å². The molecule has 0 aromatic rings. The smallest absolute Gasteiger partial charge is 0.264 e. The maximum atomic E-state index is 11.5. The van der Waals surface area contributed by atoms with Gasteiger partial charge < -0.3 is 0 Å². The summed E-state index contributed by atoms with van der Waals surface area (Å²) in [5.74, 6) is 0. The lowest BCUT2D eigenvalue weighted by Crippen LogP contribution is -2.52. The van der Waals surface area contributed by atoms with Crippen molar-refractivity contribution in [2.45, 2.75) is 45.4 Å². The molecule has 2 aliphatic carbocycles. The van der Waals surface area contributed by atoms with Crippen LogP contribution in [0.2, 0.25) is 0 Å². The Labute approximate surface area is 139 Å². The molecule has 0 saturated heterocycles. The first kappa shape index (κ1) is 18.9. The molecule has 0 aromatic heterocycles. The van der Waals surface area contributed by atoms with Gasteiger partial charge in [-0.3, -0.25) is 8.37 Å². The normalized spacial score (nSPS) is 32.2. The van der Waals surface area contributed by atoms with Gasteiger partial charge >= 0.3 is 0 Å². The monoisotopic (exact) mass is 366 g/mol. The Kier molecular flexibility index (Phi) is 5.31. The summed E-state index contributed by atoms with van der Waals surface area (Å²) < 4.78 is 56.2. The van der Waals surface area contributed by atoms with Gasteiger partial charge in [-0.05, 0) is 32.6 Å². The Balaban J connectivity index is 2.35. The summed E-state index contributed by atoms with van der Waals surface area (Å²) in [6.45, 7) is 2.20. The van der Waals surface area contributed by atoms with Gasteiger partial charge in [-0.1, -0.05) is 24.5 Å². The fraction of sp³-hybridized carbons (Fsp3) is 0.867. The Bertz CT molecular complexity index is 679. The molecule has 0 unspecified atom stereocenters. The van der Waals surface area contributed by atoms with Crippen molar-refractivity contribution >= 4 is 20.2 Å². The summed E-state index contributed by atoms with van der Waals surface area (Å²) in [6.07, 6.45) is 9.24. The fourth-order valence-electron chi connectivity index (χ4n) is 4.03. The summed E-state index contributed by atoms with van der Waals surface area (Å²) in [7, 11) is -7.09. The van der Waals surface area contributed by atoms with E-state index in [1.54, 1.807) is 0 Å². The van der Waals surface area contributed by atoms with Crippen LogP contribution in [0, 0.1) is 10.8 Å². The van der Waals surface area contributed by atoms with E-state index >= 15 is 0 Å². The molecule has 8 heteroatoms. The molecule has 1 fully saturated rings. The molecule has 2 atom stereocenters. The first-order valence-corrected chi connectivity index (χ1v) is 11.4. The number of hydrogen-bond donors (Lipinski definition) is 0. The van der Waals surface area contributed by atoms with Crippen molar-refractivity contribution < 1.29 is 25.2 Å². The Hall–Kier alpha value is -0.440. The van der Waals surface area contributed by atoms with E-state index in [1.165, 1.54) is 5.57 Å². The van der Waals surface area contributed by atoms with E-state index in [-0.39, 0.29) is 13.2 Å². The molecule has 0 aromatic carbocycles. The zero-order chi connectivity index (χ0) is 17.4. The standard InChI is InChI=1S/C15H26O6S2/c1-13-6-9-14(11-20-22(2,16)17)7-4-5-8-15(14,10-13)12-21-23(3,18)19/h6H,4-5,7-12H2,1-3H3/t14-,15+/m1/s1. The SMILES string of the molecule is CC1=CC[C@@]2(COS(C)(=O)=O)CCCC[C@@]2(COS(C)(=O)=O)C1. The van der Waals surface area contributed by atoms with Gasteiger partial charge in [0.2, 0.25) is 0 Å². The van der Waals surface area contributed by atoms with E-state index in [1.807, 2.05) is 6.92 Å². The molecule has 2 rings (SSSR count). The first-order valence-electron chi connectivity index (χ1n) is 7.82. The van der Waals surface area contributed by atoms with Crippen LogP contribution in [0.5, 0.6) is 0 Å². The topological polar surface area (TPSA) is 86.7 Å². The van der Waals surface area contributed by atoms with Crippen molar-refractivity contribution in [3.63, 3.8) is 0 Å². The highest BCUT2D eigenvalue weighted by molar-refractivity contribution is 7.86. The Morgan fingerprint density at radius 2 is 1.43 bits per heavy atom. The summed E-state index contributed by atoms with van der Waals surface area (Å²) in [5.41, 5.74) is 0.412. The highest BCUT2D eigenvalue weighted by atomic mass is 32.2. The van der Waals surface area contributed by atoms with Crippen LogP contribution in [-0.4, -0.2) is 42.6 Å². The van der Waals surface area contributed by atoms with E-state index < -0.39 is 31.1 Å². The predicted octanol–water partition coefficient (Wildman–Crippen LogP) is 2.23. The molecule has 0 aliphatic heterocycles. The van der Waals surface area contributed by atoms with Crippen LogP contribution in [0.4, 0.5) is 0 Å². The van der Waals surface area contributed by atoms with Crippen LogP contribution in [0.3, 0.4) is 0 Å². The molecule has 0 N–H and O–H groups in total. The minimum absolute atomic E-state index is 0.0860. The highest BCUT2D eigenvalue weighted by Gasteiger charge is 2.54. The van der Waals surface area contributed by atoms with Gasteiger partial charge in [-0.2, -0.15) is 16.8 Å². The van der Waals surface area contributed by atoms with Crippen LogP contribution < -0.4 is 0 Å². The molecule has 0 spiro atoms. The third kappa shape index (κ3) is 4.55. The van der Waals surface area contributed by atoms with Crippen LogP contribution in [0.1, 0.15) is 45.4 Å². The van der Waals surface area contributed by atoms with Gasteiger partial charge in [-0.15, -0.1) is 0 Å². The van der Waals surface area contributed by atoms with Crippen molar-refractivity contribution in [2.75, 3.05) is 25.7 Å². The molecule has 2 aliphatic rings. The van der Waals surface area contributed by atoms with Crippen molar-refractivity contribution in [3.05, 3.63) is 11.6 Å². The van der Waals surface area contributed by atoms with Crippen molar-refractivity contribution in [1.29, 1.82) is 0 Å². The average Bonchev–Trinajstić information content (AvgIpc) is 2.42. The van der Waals surface area contributed by atoms with Gasteiger partial charge in [0.1, 0.15) is 0 Å². The third-order valence-corrected chi connectivity index (χ3v) is 6.33. The summed E-state index contributed by atoms with van der Waals surface area (Å²) in [5, 5.41) is 0. The third-order valence-electron chi connectivity index (χ3n) is 5.24. The lowest BCUT2D eigenvalue weighted by atomic mass is 9.51. The van der Waals surface area contributed by atoms with Crippen molar-refractivity contribution in [1.82, 2.24) is 0 Å². The van der Waals surface area contributed by atoms with E-state index in [9.17, 15) is 16.8 Å². The highest BCUT2D eigenvalue weighted by Crippen LogP contribution is 2.59. The van der Waals surface area contributed by atoms with E-state index in [0.29, 0.717) is 6.42 Å². The molecular formula is C15H26O6S2. The molecule has 0 amide bonds. The number of hydrogen-bond acceptors (Lipinski definition) is 6. The second-order valence-electron chi connectivity index (χ2n) is 7.13. The van der Waals surface area contributed by atoms with Crippen LogP contribution in [0.15, 0.2) is 11.6 Å². The number of rotatable bonds is 6. The second-order valence-corrected chi connectivity index (χ2v) is 10.4. The predicted molar refractivity (Wildman–Crippen MR) is 87.9 cm³/mol. The van der Waals surface area contributed by atoms with Gasteiger partial charge in [0, 0.05) is 10.8 Å². The quantitative estimate of drug-likeness (QED) is 0.529. The van der Waals surface area contributed by atoms with Crippen LogP contribution in [-0.2, 0) is 28.6 Å². The molecule has 1 saturated carbocycles. The van der Waals surface area contributed by atoms with Gasteiger partial charge in [0.05, 0.1) is 25.7 Å². The fourth-order valence-corrected chi connectivity index (χ4v) is 4.91. The molecule has 0 heterocycles. The van der Waals surface area contributed by atoms with E-state index in [4.69, 9.17) is 8.37 Å². The number of allylic oxidation sites excluding steroid dienone is 2. The maximum absolute atomic E-state index is 11.5.